The summed E-state index contributed by atoms with van der Waals surface area (Å²) in [7, 11) is 1.54. The van der Waals surface area contributed by atoms with Crippen molar-refractivity contribution in [1.82, 2.24) is 14.7 Å². The molecule has 38 heavy (non-hydrogen) atoms. The highest BCUT2D eigenvalue weighted by molar-refractivity contribution is 6.22. The lowest BCUT2D eigenvalue weighted by Gasteiger charge is -2.35. The number of carboxylic acids is 1. The van der Waals surface area contributed by atoms with Crippen molar-refractivity contribution in [2.75, 3.05) is 39.9 Å². The van der Waals surface area contributed by atoms with E-state index in [2.05, 4.69) is 0 Å². The van der Waals surface area contributed by atoms with Gasteiger partial charge in [-0.1, -0.05) is 24.3 Å². The van der Waals surface area contributed by atoms with Crippen molar-refractivity contribution in [2.45, 2.75) is 25.3 Å². The van der Waals surface area contributed by atoms with Crippen molar-refractivity contribution in [3.05, 3.63) is 59.7 Å². The molecular formula is C27H29N3O8. The van der Waals surface area contributed by atoms with E-state index in [1.165, 1.54) is 12.1 Å². The Morgan fingerprint density at radius 3 is 1.84 bits per heavy atom. The molecule has 11 nitrogen and oxygen atoms in total. The van der Waals surface area contributed by atoms with Crippen LogP contribution in [0.5, 0.6) is 11.5 Å². The normalized spacial score (nSPS) is 15.8. The lowest BCUT2D eigenvalue weighted by Crippen LogP contribution is -2.51. The summed E-state index contributed by atoms with van der Waals surface area (Å²) in [4.78, 5) is 66.6. The van der Waals surface area contributed by atoms with E-state index >= 15 is 0 Å². The smallest absolute Gasteiger partial charge is 0.326 e. The van der Waals surface area contributed by atoms with Crippen molar-refractivity contribution in [3.8, 4) is 11.5 Å². The predicted molar refractivity (Wildman–Crippen MR) is 134 cm³/mol. The summed E-state index contributed by atoms with van der Waals surface area (Å²) < 4.78 is 10.9. The molecule has 0 saturated carbocycles. The fourth-order valence-corrected chi connectivity index (χ4v) is 4.62. The van der Waals surface area contributed by atoms with Crippen molar-refractivity contribution in [3.63, 3.8) is 0 Å². The Hall–Kier alpha value is -4.41. The number of amides is 4. The molecular weight excluding hydrogens is 494 g/mol. The molecule has 0 unspecified atom stereocenters. The molecule has 11 heteroatoms. The lowest BCUT2D eigenvalue weighted by molar-refractivity contribution is -0.143. The van der Waals surface area contributed by atoms with Crippen LogP contribution in [0.25, 0.3) is 0 Å². The standard InChI is InChI=1S/C27H29N3O8/c1-37-21-8-4-5-9-22(21)38-17-12-24(32)29-15-13-28(14-16-29)23(31)11-10-20(27(35)36)30-25(33)18-6-2-3-7-19(18)26(30)34/h2-9,20H,10-17H2,1H3,(H,35,36)/t20-/m0/s1. The lowest BCUT2D eigenvalue weighted by atomic mass is 10.1. The number of carboxylic acid groups (broad SMARTS) is 1. The van der Waals surface area contributed by atoms with Crippen LogP contribution in [0.4, 0.5) is 0 Å². The number of aliphatic carboxylic acids is 1. The molecule has 4 rings (SSSR count). The van der Waals surface area contributed by atoms with Crippen molar-refractivity contribution in [2.24, 2.45) is 0 Å². The third kappa shape index (κ3) is 5.61. The maximum Gasteiger partial charge on any atom is 0.326 e. The molecule has 0 aliphatic carbocycles. The molecule has 2 aromatic carbocycles. The Balaban J connectivity index is 1.24. The van der Waals surface area contributed by atoms with Gasteiger partial charge in [0, 0.05) is 32.6 Å². The van der Waals surface area contributed by atoms with Gasteiger partial charge < -0.3 is 24.4 Å². The highest BCUT2D eigenvalue weighted by Gasteiger charge is 2.43. The van der Waals surface area contributed by atoms with Crippen LogP contribution in [0.15, 0.2) is 48.5 Å². The second-order valence-corrected chi connectivity index (χ2v) is 8.93. The predicted octanol–water partition coefficient (Wildman–Crippen LogP) is 1.66. The zero-order valence-corrected chi connectivity index (χ0v) is 21.0. The topological polar surface area (TPSA) is 134 Å². The van der Waals surface area contributed by atoms with Gasteiger partial charge in [0.1, 0.15) is 6.04 Å². The zero-order chi connectivity index (χ0) is 27.2. The largest absolute Gasteiger partial charge is 0.493 e. The summed E-state index contributed by atoms with van der Waals surface area (Å²) in [6.07, 6.45) is -0.170. The van der Waals surface area contributed by atoms with E-state index in [1.54, 1.807) is 41.2 Å². The molecule has 0 aromatic heterocycles. The number of ether oxygens (including phenoxy) is 2. The second kappa shape index (κ2) is 11.8. The Morgan fingerprint density at radius 2 is 1.32 bits per heavy atom. The van der Waals surface area contributed by atoms with Gasteiger partial charge in [0.15, 0.2) is 11.5 Å². The van der Waals surface area contributed by atoms with Crippen molar-refractivity contribution in [1.29, 1.82) is 0 Å². The Kier molecular flexibility index (Phi) is 8.25. The van der Waals surface area contributed by atoms with Gasteiger partial charge in [-0.15, -0.1) is 0 Å². The minimum atomic E-state index is -1.45. The third-order valence-electron chi connectivity index (χ3n) is 6.68. The van der Waals surface area contributed by atoms with Gasteiger partial charge in [-0.2, -0.15) is 0 Å². The molecule has 1 fully saturated rings. The van der Waals surface area contributed by atoms with Crippen LogP contribution in [0.1, 0.15) is 40.0 Å². The molecule has 0 spiro atoms. The average Bonchev–Trinajstić information content (AvgIpc) is 3.18. The van der Waals surface area contributed by atoms with E-state index in [1.807, 2.05) is 12.1 Å². The van der Waals surface area contributed by atoms with Crippen molar-refractivity contribution < 1.29 is 38.6 Å². The molecule has 1 atom stereocenters. The molecule has 2 aromatic rings. The highest BCUT2D eigenvalue weighted by atomic mass is 16.5. The molecule has 2 aliphatic heterocycles. The molecule has 1 saturated heterocycles. The van der Waals surface area contributed by atoms with E-state index in [4.69, 9.17) is 9.47 Å². The molecule has 2 aliphatic rings. The van der Waals surface area contributed by atoms with Crippen molar-refractivity contribution >= 4 is 29.6 Å². The van der Waals surface area contributed by atoms with E-state index in [0.717, 1.165) is 4.90 Å². The minimum Gasteiger partial charge on any atom is -0.493 e. The Bertz CT molecular complexity index is 1200. The summed E-state index contributed by atoms with van der Waals surface area (Å²) in [5.41, 5.74) is 0.313. The van der Waals surface area contributed by atoms with Crippen LogP contribution in [0.2, 0.25) is 0 Å². The number of fused-ring (bicyclic) bond motifs is 1. The van der Waals surface area contributed by atoms with Crippen LogP contribution < -0.4 is 9.47 Å². The first-order chi connectivity index (χ1) is 18.3. The number of rotatable bonds is 10. The second-order valence-electron chi connectivity index (χ2n) is 8.93. The van der Waals surface area contributed by atoms with E-state index in [0.29, 0.717) is 37.7 Å². The molecule has 1 N–H and O–H groups in total. The number of imide groups is 1. The number of nitrogens with zero attached hydrogens (tertiary/aromatic N) is 3. The quantitative estimate of drug-likeness (QED) is 0.465. The summed E-state index contributed by atoms with van der Waals surface area (Å²) in [6.45, 7) is 1.50. The van der Waals surface area contributed by atoms with Gasteiger partial charge in [-0.05, 0) is 30.7 Å². The number of benzene rings is 2. The summed E-state index contributed by atoms with van der Waals surface area (Å²) in [5.74, 6) is -1.94. The first-order valence-electron chi connectivity index (χ1n) is 12.3. The van der Waals surface area contributed by atoms with E-state index < -0.39 is 23.8 Å². The van der Waals surface area contributed by atoms with Gasteiger partial charge in [0.05, 0.1) is 31.3 Å². The number of carbonyl (C=O) groups is 5. The van der Waals surface area contributed by atoms with E-state index in [9.17, 15) is 29.1 Å². The number of piperazine rings is 1. The van der Waals surface area contributed by atoms with Gasteiger partial charge in [-0.25, -0.2) is 4.79 Å². The van der Waals surface area contributed by atoms with Gasteiger partial charge >= 0.3 is 5.97 Å². The van der Waals surface area contributed by atoms with Crippen LogP contribution in [-0.2, 0) is 14.4 Å². The fraction of sp³-hybridized carbons (Fsp3) is 0.370. The summed E-state index contributed by atoms with van der Waals surface area (Å²) in [5, 5.41) is 9.71. The van der Waals surface area contributed by atoms with Gasteiger partial charge in [0.25, 0.3) is 11.8 Å². The first kappa shape index (κ1) is 26.6. The molecule has 0 bridgehead atoms. The van der Waals surface area contributed by atoms with Gasteiger partial charge in [0.2, 0.25) is 11.8 Å². The van der Waals surface area contributed by atoms with Crippen LogP contribution in [0.3, 0.4) is 0 Å². The minimum absolute atomic E-state index is 0.0939. The molecule has 200 valence electrons. The summed E-state index contributed by atoms with van der Waals surface area (Å²) in [6, 6.07) is 11.9. The molecule has 4 amide bonds. The first-order valence-corrected chi connectivity index (χ1v) is 12.3. The van der Waals surface area contributed by atoms with Crippen LogP contribution >= 0.6 is 0 Å². The number of para-hydroxylation sites is 2. The molecule has 0 radical (unpaired) electrons. The summed E-state index contributed by atoms with van der Waals surface area (Å²) >= 11 is 0. The van der Waals surface area contributed by atoms with Crippen LogP contribution in [-0.4, -0.2) is 95.3 Å². The number of hydrogen-bond acceptors (Lipinski definition) is 7. The maximum absolute atomic E-state index is 12.8. The Labute approximate surface area is 219 Å². The monoisotopic (exact) mass is 523 g/mol. The SMILES string of the molecule is COc1ccccc1OCCC(=O)N1CCN(C(=O)CC[C@@H](C(=O)O)N2C(=O)c3ccccc3C2=O)CC1. The fourth-order valence-electron chi connectivity index (χ4n) is 4.62. The zero-order valence-electron chi connectivity index (χ0n) is 21.0. The third-order valence-corrected chi connectivity index (χ3v) is 6.68. The number of carbonyl (C=O) groups excluding carboxylic acids is 4. The average molecular weight is 524 g/mol. The number of methoxy groups -OCH3 is 1. The van der Waals surface area contributed by atoms with Crippen LogP contribution in [0, 0.1) is 0 Å². The van der Waals surface area contributed by atoms with E-state index in [-0.39, 0.29) is 48.8 Å². The Morgan fingerprint density at radius 1 is 0.816 bits per heavy atom. The highest BCUT2D eigenvalue weighted by Crippen LogP contribution is 2.27. The van der Waals surface area contributed by atoms with Gasteiger partial charge in [-0.3, -0.25) is 24.1 Å². The number of hydrogen-bond donors (Lipinski definition) is 1. The molecule has 2 heterocycles. The maximum atomic E-state index is 12.8.